The summed E-state index contributed by atoms with van der Waals surface area (Å²) >= 11 is 0. The molecule has 0 spiro atoms. The van der Waals surface area contributed by atoms with E-state index < -0.39 is 31.0 Å². The first-order valence-corrected chi connectivity index (χ1v) is 6.88. The molecule has 0 aliphatic carbocycles. The van der Waals surface area contributed by atoms with E-state index in [1.807, 2.05) is 0 Å². The molecule has 1 unspecified atom stereocenters. The second kappa shape index (κ2) is 7.18. The molecule has 1 amide bonds. The van der Waals surface area contributed by atoms with Crippen molar-refractivity contribution in [3.63, 3.8) is 0 Å². The number of amides is 1. The van der Waals surface area contributed by atoms with Crippen molar-refractivity contribution in [3.05, 3.63) is 66.0 Å². The number of nitrogens with two attached hydrogens (primary N) is 1. The average Bonchev–Trinajstić information content (AvgIpc) is 2.64. The Hall–Kier alpha value is -2.20. The Morgan fingerprint density at radius 1 is 1.32 bits per heavy atom. The molecular weight excluding hydrogens is 274 g/mol. The molecule has 1 heterocycles. The van der Waals surface area contributed by atoms with Gasteiger partial charge in [0.25, 0.3) is 0 Å². The SMILES string of the molecule is [2H]C([2H])([2H])C([2H])(NCCC(C(N)=O)(c1ccccc1)c1ccccn1)C([2H])([2H])[2H]. The Morgan fingerprint density at radius 2 is 2.05 bits per heavy atom. The Labute approximate surface area is 141 Å². The highest BCUT2D eigenvalue weighted by atomic mass is 16.1. The van der Waals surface area contributed by atoms with Gasteiger partial charge in [0, 0.05) is 21.8 Å². The topological polar surface area (TPSA) is 68.0 Å². The van der Waals surface area contributed by atoms with Gasteiger partial charge in [-0.25, -0.2) is 0 Å². The molecule has 0 saturated carbocycles. The van der Waals surface area contributed by atoms with E-state index in [9.17, 15) is 4.79 Å². The van der Waals surface area contributed by atoms with Crippen molar-refractivity contribution in [1.29, 1.82) is 0 Å². The minimum atomic E-state index is -3.12. The van der Waals surface area contributed by atoms with Crippen molar-refractivity contribution in [2.45, 2.75) is 31.6 Å². The fourth-order valence-corrected chi connectivity index (χ4v) is 2.52. The highest BCUT2D eigenvalue weighted by molar-refractivity contribution is 5.90. The zero-order valence-electron chi connectivity index (χ0n) is 19.0. The molecule has 4 heteroatoms. The van der Waals surface area contributed by atoms with Crippen LogP contribution in [0.25, 0.3) is 0 Å². The van der Waals surface area contributed by atoms with Gasteiger partial charge in [-0.3, -0.25) is 9.78 Å². The van der Waals surface area contributed by atoms with Gasteiger partial charge in [-0.1, -0.05) is 50.1 Å². The first-order chi connectivity index (χ1) is 13.4. The first-order valence-electron chi connectivity index (χ1n) is 10.4. The molecule has 116 valence electrons. The van der Waals surface area contributed by atoms with Crippen molar-refractivity contribution in [1.82, 2.24) is 10.3 Å². The Bertz CT molecular complexity index is 769. The summed E-state index contributed by atoms with van der Waals surface area (Å²) in [6, 6.07) is 10.7. The number of hydrogen-bond donors (Lipinski definition) is 2. The van der Waals surface area contributed by atoms with Gasteiger partial charge < -0.3 is 11.1 Å². The third kappa shape index (κ3) is 3.34. The zero-order chi connectivity index (χ0) is 21.9. The second-order valence-electron chi connectivity index (χ2n) is 4.90. The first kappa shape index (κ1) is 9.06. The Kier molecular flexibility index (Phi) is 2.96. The van der Waals surface area contributed by atoms with E-state index in [1.54, 1.807) is 48.5 Å². The number of rotatable bonds is 7. The number of carbonyl (C=O) groups excluding carboxylic acids is 1. The van der Waals surface area contributed by atoms with Crippen LogP contribution in [0.4, 0.5) is 0 Å². The molecule has 3 N–H and O–H groups in total. The van der Waals surface area contributed by atoms with Gasteiger partial charge in [0.15, 0.2) is 0 Å². The van der Waals surface area contributed by atoms with Crippen LogP contribution in [-0.2, 0) is 10.2 Å². The van der Waals surface area contributed by atoms with Gasteiger partial charge in [0.1, 0.15) is 5.41 Å². The molecule has 0 fully saturated rings. The van der Waals surface area contributed by atoms with Crippen molar-refractivity contribution < 1.29 is 14.4 Å². The minimum Gasteiger partial charge on any atom is -0.369 e. The fraction of sp³-hybridized carbons (Fsp3) is 0.333. The lowest BCUT2D eigenvalue weighted by atomic mass is 9.73. The summed E-state index contributed by atoms with van der Waals surface area (Å²) in [6.07, 6.45) is 1.42. The molecule has 1 aromatic carbocycles. The van der Waals surface area contributed by atoms with Gasteiger partial charge in [-0.05, 0) is 30.7 Å². The van der Waals surface area contributed by atoms with Gasteiger partial charge in [-0.2, -0.15) is 0 Å². The lowest BCUT2D eigenvalue weighted by Crippen LogP contribution is -2.45. The predicted octanol–water partition coefficient (Wildman–Crippen LogP) is 2.24. The normalized spacial score (nSPS) is 20.1. The van der Waals surface area contributed by atoms with Crippen molar-refractivity contribution in [3.8, 4) is 0 Å². The molecule has 2 rings (SSSR count). The lowest BCUT2D eigenvalue weighted by Gasteiger charge is -2.31. The van der Waals surface area contributed by atoms with E-state index in [1.165, 1.54) is 6.20 Å². The lowest BCUT2D eigenvalue weighted by molar-refractivity contribution is -0.122. The summed E-state index contributed by atoms with van der Waals surface area (Å²) in [4.78, 5) is 16.9. The number of nitrogens with zero attached hydrogens (tertiary/aromatic N) is 1. The molecule has 0 saturated heterocycles. The minimum absolute atomic E-state index is 0.0872. The van der Waals surface area contributed by atoms with E-state index >= 15 is 0 Å². The van der Waals surface area contributed by atoms with Crippen LogP contribution in [0.15, 0.2) is 54.7 Å². The third-order valence-corrected chi connectivity index (χ3v) is 3.59. The number of pyridine rings is 1. The largest absolute Gasteiger partial charge is 0.369 e. The van der Waals surface area contributed by atoms with Crippen LogP contribution in [0, 0.1) is 0 Å². The van der Waals surface area contributed by atoms with Crippen LogP contribution in [0.1, 0.15) is 41.0 Å². The number of benzene rings is 1. The molecule has 1 atom stereocenters. The average molecular weight is 304 g/mol. The van der Waals surface area contributed by atoms with Crippen LogP contribution in [0.2, 0.25) is 0 Å². The second-order valence-corrected chi connectivity index (χ2v) is 4.90. The quantitative estimate of drug-likeness (QED) is 0.824. The predicted molar refractivity (Wildman–Crippen MR) is 88.4 cm³/mol. The molecule has 4 nitrogen and oxygen atoms in total. The highest BCUT2D eigenvalue weighted by Gasteiger charge is 2.41. The standard InChI is InChI=1S/C18H23N3O/c1-14(2)20-13-11-18(17(19)22,15-8-4-3-5-9-15)16-10-6-7-12-21-16/h3-10,12,14,20H,11,13H2,1-2H3,(H2,19,22)/i1D3,2D3,14D. The number of aromatic nitrogens is 1. The number of nitrogens with one attached hydrogen (secondary N) is 1. The Balaban J connectivity index is 2.46. The molecule has 2 aromatic rings. The van der Waals surface area contributed by atoms with Crippen LogP contribution < -0.4 is 11.1 Å². The third-order valence-electron chi connectivity index (χ3n) is 3.59. The van der Waals surface area contributed by atoms with Crippen molar-refractivity contribution in [2.75, 3.05) is 6.54 Å². The maximum atomic E-state index is 12.7. The summed E-state index contributed by atoms with van der Waals surface area (Å²) in [6.45, 7) is -6.51. The van der Waals surface area contributed by atoms with Crippen molar-refractivity contribution in [2.24, 2.45) is 5.73 Å². The van der Waals surface area contributed by atoms with E-state index in [0.29, 0.717) is 11.3 Å². The maximum Gasteiger partial charge on any atom is 0.234 e. The van der Waals surface area contributed by atoms with Gasteiger partial charge >= 0.3 is 0 Å². The summed E-state index contributed by atoms with van der Waals surface area (Å²) in [5.41, 5.74) is 5.23. The van der Waals surface area contributed by atoms with Gasteiger partial charge in [-0.15, -0.1) is 0 Å². The number of carbonyl (C=O) groups is 1. The molecule has 0 bridgehead atoms. The molecule has 22 heavy (non-hydrogen) atoms. The molecule has 0 radical (unpaired) electrons. The molecule has 0 aliphatic rings. The van der Waals surface area contributed by atoms with Crippen LogP contribution in [-0.4, -0.2) is 23.5 Å². The van der Waals surface area contributed by atoms with E-state index in [4.69, 9.17) is 15.3 Å². The molecule has 0 aliphatic heterocycles. The smallest absolute Gasteiger partial charge is 0.234 e. The zero-order valence-corrected chi connectivity index (χ0v) is 12.0. The van der Waals surface area contributed by atoms with Crippen LogP contribution >= 0.6 is 0 Å². The van der Waals surface area contributed by atoms with Crippen LogP contribution in [0.3, 0.4) is 0 Å². The number of primary amides is 1. The summed E-state index contributed by atoms with van der Waals surface area (Å²) in [5, 5.41) is 2.33. The fourth-order valence-electron chi connectivity index (χ4n) is 2.52. The van der Waals surface area contributed by atoms with Crippen molar-refractivity contribution >= 4 is 5.91 Å². The van der Waals surface area contributed by atoms with Gasteiger partial charge in [0.2, 0.25) is 5.91 Å². The van der Waals surface area contributed by atoms with E-state index in [-0.39, 0.29) is 13.0 Å². The highest BCUT2D eigenvalue weighted by Crippen LogP contribution is 2.34. The monoisotopic (exact) mass is 304 g/mol. The molecular formula is C18H23N3O. The summed E-state index contributed by atoms with van der Waals surface area (Å²) < 4.78 is 53.1. The summed E-state index contributed by atoms with van der Waals surface area (Å²) in [5.74, 6) is -0.720. The number of hydrogen-bond acceptors (Lipinski definition) is 3. The van der Waals surface area contributed by atoms with E-state index in [2.05, 4.69) is 10.3 Å². The van der Waals surface area contributed by atoms with Gasteiger partial charge in [0.05, 0.1) is 5.69 Å². The molecule has 1 aromatic heterocycles. The van der Waals surface area contributed by atoms with E-state index in [0.717, 1.165) is 0 Å². The summed E-state index contributed by atoms with van der Waals surface area (Å²) in [7, 11) is 0. The maximum absolute atomic E-state index is 12.7. The van der Waals surface area contributed by atoms with Crippen LogP contribution in [0.5, 0.6) is 0 Å². The Morgan fingerprint density at radius 3 is 2.64 bits per heavy atom.